The van der Waals surface area contributed by atoms with Gasteiger partial charge in [-0.1, -0.05) is 29.8 Å². The van der Waals surface area contributed by atoms with E-state index in [9.17, 15) is 4.79 Å². The number of nitrogens with one attached hydrogen (secondary N) is 1. The van der Waals surface area contributed by atoms with Crippen LogP contribution in [0.4, 0.5) is 5.13 Å². The van der Waals surface area contributed by atoms with Crippen molar-refractivity contribution in [2.75, 3.05) is 17.3 Å². The van der Waals surface area contributed by atoms with Crippen molar-refractivity contribution in [3.05, 3.63) is 35.2 Å². The molecule has 1 heterocycles. The summed E-state index contributed by atoms with van der Waals surface area (Å²) in [5, 5.41) is 5.41. The van der Waals surface area contributed by atoms with Crippen LogP contribution in [0, 0.1) is 6.92 Å². The van der Waals surface area contributed by atoms with Crippen LogP contribution in [-0.2, 0) is 4.79 Å². The van der Waals surface area contributed by atoms with E-state index in [1.54, 1.807) is 0 Å². The van der Waals surface area contributed by atoms with Gasteiger partial charge in [0.2, 0.25) is 5.91 Å². The Hall–Kier alpha value is -1.33. The van der Waals surface area contributed by atoms with Gasteiger partial charge in [0.05, 0.1) is 11.4 Å². The number of aryl methyl sites for hydroxylation is 1. The minimum atomic E-state index is -0.00712. The molecule has 0 aliphatic rings. The maximum absolute atomic E-state index is 11.4. The molecule has 3 nitrogen and oxygen atoms in total. The average molecular weight is 278 g/mol. The first-order valence-electron chi connectivity index (χ1n) is 5.50. The summed E-state index contributed by atoms with van der Waals surface area (Å²) in [6.07, 6.45) is 1.90. The van der Waals surface area contributed by atoms with Crippen molar-refractivity contribution in [3.63, 3.8) is 0 Å². The highest BCUT2D eigenvalue weighted by molar-refractivity contribution is 7.99. The first kappa shape index (κ1) is 13.1. The number of thiazole rings is 1. The van der Waals surface area contributed by atoms with E-state index in [1.165, 1.54) is 28.7 Å². The molecule has 0 spiro atoms. The van der Waals surface area contributed by atoms with Crippen LogP contribution >= 0.6 is 23.1 Å². The number of benzene rings is 1. The number of hydrogen-bond acceptors (Lipinski definition) is 4. The molecule has 2 rings (SSSR count). The molecular formula is C13H14N2OS2. The third-order valence-corrected chi connectivity index (χ3v) is 3.68. The highest BCUT2D eigenvalue weighted by Crippen LogP contribution is 2.25. The Bertz CT molecular complexity index is 534. The van der Waals surface area contributed by atoms with Gasteiger partial charge in [-0.15, -0.1) is 11.3 Å². The zero-order chi connectivity index (χ0) is 13.0. The summed E-state index contributed by atoms with van der Waals surface area (Å²) in [5.74, 6) is 0.451. The molecule has 94 valence electrons. The molecule has 18 heavy (non-hydrogen) atoms. The molecular weight excluding hydrogens is 264 g/mol. The standard InChI is InChI=1S/C13H14N2OS2/c1-9-3-5-10(6-4-9)11-7-18-13(14-11)15-12(16)8-17-2/h3-7H,8H2,1-2H3,(H,14,15,16). The number of nitrogens with zero attached hydrogens (tertiary/aromatic N) is 1. The molecule has 0 aliphatic carbocycles. The van der Waals surface area contributed by atoms with Crippen LogP contribution in [0.25, 0.3) is 11.3 Å². The van der Waals surface area contributed by atoms with Crippen LogP contribution in [0.2, 0.25) is 0 Å². The van der Waals surface area contributed by atoms with Gasteiger partial charge in [0.25, 0.3) is 0 Å². The Morgan fingerprint density at radius 2 is 2.11 bits per heavy atom. The van der Waals surface area contributed by atoms with Gasteiger partial charge >= 0.3 is 0 Å². The average Bonchev–Trinajstić information content (AvgIpc) is 2.78. The molecule has 0 fully saturated rings. The first-order valence-corrected chi connectivity index (χ1v) is 7.78. The van der Waals surface area contributed by atoms with Crippen LogP contribution in [0.3, 0.4) is 0 Å². The van der Waals surface area contributed by atoms with E-state index in [4.69, 9.17) is 0 Å². The van der Waals surface area contributed by atoms with Crippen LogP contribution in [-0.4, -0.2) is 22.9 Å². The van der Waals surface area contributed by atoms with Crippen molar-refractivity contribution < 1.29 is 4.79 Å². The van der Waals surface area contributed by atoms with Gasteiger partial charge in [0.1, 0.15) is 0 Å². The van der Waals surface area contributed by atoms with Crippen molar-refractivity contribution in [3.8, 4) is 11.3 Å². The number of carbonyl (C=O) groups is 1. The van der Waals surface area contributed by atoms with Crippen LogP contribution in [0.5, 0.6) is 0 Å². The molecule has 0 unspecified atom stereocenters. The Balaban J connectivity index is 2.10. The van der Waals surface area contributed by atoms with E-state index in [2.05, 4.69) is 29.4 Å². The second-order valence-corrected chi connectivity index (χ2v) is 5.61. The van der Waals surface area contributed by atoms with Gasteiger partial charge in [0, 0.05) is 10.9 Å². The Morgan fingerprint density at radius 1 is 1.39 bits per heavy atom. The molecule has 0 bridgehead atoms. The molecule has 1 amide bonds. The van der Waals surface area contributed by atoms with E-state index >= 15 is 0 Å². The van der Waals surface area contributed by atoms with Gasteiger partial charge in [-0.25, -0.2) is 4.98 Å². The minimum Gasteiger partial charge on any atom is -0.301 e. The van der Waals surface area contributed by atoms with E-state index in [0.29, 0.717) is 10.9 Å². The fraction of sp³-hybridized carbons (Fsp3) is 0.231. The predicted octanol–water partition coefficient (Wildman–Crippen LogP) is 3.42. The van der Waals surface area contributed by atoms with Crippen molar-refractivity contribution in [2.45, 2.75) is 6.92 Å². The lowest BCUT2D eigenvalue weighted by Crippen LogP contribution is -2.13. The third-order valence-electron chi connectivity index (χ3n) is 2.37. The van der Waals surface area contributed by atoms with Crippen LogP contribution in [0.1, 0.15) is 5.56 Å². The lowest BCUT2D eigenvalue weighted by molar-refractivity contribution is -0.113. The molecule has 5 heteroatoms. The Labute approximate surface area is 115 Å². The smallest absolute Gasteiger partial charge is 0.236 e. The van der Waals surface area contributed by atoms with Crippen molar-refractivity contribution in [1.29, 1.82) is 0 Å². The van der Waals surface area contributed by atoms with E-state index in [1.807, 2.05) is 23.8 Å². The fourth-order valence-electron chi connectivity index (χ4n) is 1.47. The second-order valence-electron chi connectivity index (χ2n) is 3.89. The maximum atomic E-state index is 11.4. The number of carbonyl (C=O) groups excluding carboxylic acids is 1. The van der Waals surface area contributed by atoms with Gasteiger partial charge < -0.3 is 5.32 Å². The van der Waals surface area contributed by atoms with Crippen molar-refractivity contribution >= 4 is 34.1 Å². The van der Waals surface area contributed by atoms with Gasteiger partial charge in [-0.05, 0) is 13.2 Å². The van der Waals surface area contributed by atoms with E-state index < -0.39 is 0 Å². The van der Waals surface area contributed by atoms with Crippen LogP contribution in [0.15, 0.2) is 29.6 Å². The molecule has 0 saturated heterocycles. The topological polar surface area (TPSA) is 42.0 Å². The van der Waals surface area contributed by atoms with Crippen molar-refractivity contribution in [2.24, 2.45) is 0 Å². The Kier molecular flexibility index (Phi) is 4.38. The lowest BCUT2D eigenvalue weighted by atomic mass is 10.1. The molecule has 0 atom stereocenters. The van der Waals surface area contributed by atoms with Crippen molar-refractivity contribution in [1.82, 2.24) is 4.98 Å². The largest absolute Gasteiger partial charge is 0.301 e. The minimum absolute atomic E-state index is 0.00712. The van der Waals surface area contributed by atoms with Gasteiger partial charge in [-0.2, -0.15) is 11.8 Å². The predicted molar refractivity (Wildman–Crippen MR) is 79.3 cm³/mol. The number of hydrogen-bond donors (Lipinski definition) is 1. The summed E-state index contributed by atoms with van der Waals surface area (Å²) in [7, 11) is 0. The summed E-state index contributed by atoms with van der Waals surface area (Å²) in [4.78, 5) is 15.8. The monoisotopic (exact) mass is 278 g/mol. The SMILES string of the molecule is CSCC(=O)Nc1nc(-c2ccc(C)cc2)cs1. The van der Waals surface area contributed by atoms with E-state index in [-0.39, 0.29) is 5.91 Å². The zero-order valence-corrected chi connectivity index (χ0v) is 11.9. The summed E-state index contributed by atoms with van der Waals surface area (Å²) in [6, 6.07) is 8.19. The number of rotatable bonds is 4. The van der Waals surface area contributed by atoms with Crippen LogP contribution < -0.4 is 5.32 Å². The quantitative estimate of drug-likeness (QED) is 0.931. The third kappa shape index (κ3) is 3.34. The molecule has 0 radical (unpaired) electrons. The normalized spacial score (nSPS) is 10.3. The highest BCUT2D eigenvalue weighted by Gasteiger charge is 2.07. The van der Waals surface area contributed by atoms with Gasteiger partial charge in [0.15, 0.2) is 5.13 Å². The second kappa shape index (κ2) is 6.02. The number of aromatic nitrogens is 1. The zero-order valence-electron chi connectivity index (χ0n) is 10.3. The lowest BCUT2D eigenvalue weighted by Gasteiger charge is -1.99. The number of thioether (sulfide) groups is 1. The molecule has 0 saturated carbocycles. The highest BCUT2D eigenvalue weighted by atomic mass is 32.2. The summed E-state index contributed by atoms with van der Waals surface area (Å²) in [6.45, 7) is 2.05. The molecule has 1 aromatic heterocycles. The van der Waals surface area contributed by atoms with E-state index in [0.717, 1.165) is 11.3 Å². The summed E-state index contributed by atoms with van der Waals surface area (Å²) >= 11 is 2.95. The fourth-order valence-corrected chi connectivity index (χ4v) is 2.54. The molecule has 2 aromatic rings. The summed E-state index contributed by atoms with van der Waals surface area (Å²) in [5.41, 5.74) is 3.20. The van der Waals surface area contributed by atoms with Gasteiger partial charge in [-0.3, -0.25) is 4.79 Å². The summed E-state index contributed by atoms with van der Waals surface area (Å²) < 4.78 is 0. The molecule has 0 aliphatic heterocycles. The Morgan fingerprint density at radius 3 is 2.78 bits per heavy atom. The maximum Gasteiger partial charge on any atom is 0.236 e. The number of anilines is 1. The first-order chi connectivity index (χ1) is 8.69. The molecule has 1 aromatic carbocycles. The molecule has 1 N–H and O–H groups in total. The number of amides is 1.